The fraction of sp³-hybridized carbons (Fsp3) is 0.417. The lowest BCUT2D eigenvalue weighted by Crippen LogP contribution is -2.53. The van der Waals surface area contributed by atoms with Crippen LogP contribution in [0.3, 0.4) is 0 Å². The summed E-state index contributed by atoms with van der Waals surface area (Å²) in [7, 11) is 0. The van der Waals surface area contributed by atoms with E-state index in [1.54, 1.807) is 13.8 Å². The minimum Gasteiger partial charge on any atom is -0.472 e. The van der Waals surface area contributed by atoms with E-state index in [-0.39, 0.29) is 29.1 Å². The summed E-state index contributed by atoms with van der Waals surface area (Å²) in [6.07, 6.45) is 0.293. The zero-order chi connectivity index (χ0) is 15.8. The van der Waals surface area contributed by atoms with E-state index in [2.05, 4.69) is 4.98 Å². The average molecular weight is 310 g/mol. The number of hydrogen-bond donors (Lipinski definition) is 1. The molecule has 0 spiro atoms. The third kappa shape index (κ3) is 2.92. The van der Waals surface area contributed by atoms with Crippen molar-refractivity contribution in [3.8, 4) is 5.75 Å². The first-order valence-electron chi connectivity index (χ1n) is 6.17. The maximum absolute atomic E-state index is 12.4. The Kier molecular flexibility index (Phi) is 3.77. The Labute approximate surface area is 126 Å². The van der Waals surface area contributed by atoms with Gasteiger partial charge < -0.3 is 20.6 Å². The molecule has 8 nitrogen and oxygen atoms in total. The van der Waals surface area contributed by atoms with Crippen LogP contribution in [0.4, 0.5) is 11.6 Å². The van der Waals surface area contributed by atoms with E-state index in [1.165, 1.54) is 17.0 Å². The molecule has 1 aliphatic heterocycles. The van der Waals surface area contributed by atoms with E-state index < -0.39 is 10.5 Å². The van der Waals surface area contributed by atoms with Crippen molar-refractivity contribution in [3.05, 3.63) is 22.2 Å². The lowest BCUT2D eigenvalue weighted by atomic mass is 10.1. The van der Waals surface area contributed by atoms with Crippen LogP contribution in [0.1, 0.15) is 20.3 Å². The first kappa shape index (κ1) is 15.1. The Hall–Kier alpha value is -2.29. The first-order chi connectivity index (χ1) is 9.72. The normalized spacial score (nSPS) is 16.1. The number of thiocarbonyl (C=S) groups is 1. The van der Waals surface area contributed by atoms with Crippen LogP contribution in [0, 0.1) is 10.1 Å². The van der Waals surface area contributed by atoms with Gasteiger partial charge in [0.25, 0.3) is 11.7 Å². The standard InChI is InChI=1S/C12H14N4O4S/c1-12(2)11(17)15(6-5-8(13)21)10-7(20-12)3-4-9(14-10)16(18)19/h3-4H,5-6H2,1-2H3,(H2,13,21). The molecular formula is C12H14N4O4S. The molecule has 0 fully saturated rings. The van der Waals surface area contributed by atoms with E-state index in [4.69, 9.17) is 22.7 Å². The molecule has 1 aromatic heterocycles. The molecule has 0 unspecified atom stereocenters. The van der Waals surface area contributed by atoms with Crippen molar-refractivity contribution in [1.29, 1.82) is 0 Å². The molecule has 1 aliphatic rings. The number of carbonyl (C=O) groups excluding carboxylic acids is 1. The fourth-order valence-electron chi connectivity index (χ4n) is 1.97. The molecule has 0 saturated heterocycles. The van der Waals surface area contributed by atoms with Crippen LogP contribution in [0.2, 0.25) is 0 Å². The van der Waals surface area contributed by atoms with Crippen molar-refractivity contribution in [3.63, 3.8) is 0 Å². The zero-order valence-electron chi connectivity index (χ0n) is 11.5. The molecule has 21 heavy (non-hydrogen) atoms. The van der Waals surface area contributed by atoms with Crippen LogP contribution < -0.4 is 15.4 Å². The van der Waals surface area contributed by atoms with Crippen molar-refractivity contribution >= 4 is 34.7 Å². The second-order valence-corrected chi connectivity index (χ2v) is 5.56. The molecule has 2 rings (SSSR count). The predicted octanol–water partition coefficient (Wildman–Crippen LogP) is 1.17. The predicted molar refractivity (Wildman–Crippen MR) is 79.4 cm³/mol. The summed E-state index contributed by atoms with van der Waals surface area (Å²) >= 11 is 4.81. The molecule has 2 heterocycles. The van der Waals surface area contributed by atoms with Gasteiger partial charge in [-0.2, -0.15) is 0 Å². The van der Waals surface area contributed by atoms with Gasteiger partial charge in [0.1, 0.15) is 0 Å². The van der Waals surface area contributed by atoms with Crippen LogP contribution in [0.5, 0.6) is 5.75 Å². The Morgan fingerprint density at radius 1 is 1.57 bits per heavy atom. The molecule has 112 valence electrons. The van der Waals surface area contributed by atoms with Crippen molar-refractivity contribution in [2.75, 3.05) is 11.4 Å². The van der Waals surface area contributed by atoms with Crippen LogP contribution in [0.25, 0.3) is 0 Å². The molecule has 1 aromatic rings. The highest BCUT2D eigenvalue weighted by molar-refractivity contribution is 7.80. The summed E-state index contributed by atoms with van der Waals surface area (Å²) in [5, 5.41) is 10.8. The molecule has 0 aromatic carbocycles. The van der Waals surface area contributed by atoms with Crippen LogP contribution in [0.15, 0.2) is 12.1 Å². The highest BCUT2D eigenvalue weighted by Gasteiger charge is 2.44. The third-order valence-corrected chi connectivity index (χ3v) is 3.18. The second-order valence-electron chi connectivity index (χ2n) is 5.03. The van der Waals surface area contributed by atoms with Crippen molar-refractivity contribution in [2.24, 2.45) is 5.73 Å². The zero-order valence-corrected chi connectivity index (χ0v) is 12.3. The Balaban J connectivity index is 2.47. The number of nitrogens with zero attached hydrogens (tertiary/aromatic N) is 3. The molecule has 9 heteroatoms. The van der Waals surface area contributed by atoms with Crippen LogP contribution in [-0.4, -0.2) is 32.9 Å². The van der Waals surface area contributed by atoms with Gasteiger partial charge in [0, 0.05) is 19.0 Å². The number of anilines is 1. The molecule has 0 bridgehead atoms. The number of carbonyl (C=O) groups is 1. The third-order valence-electron chi connectivity index (χ3n) is 2.97. The monoisotopic (exact) mass is 310 g/mol. The fourth-order valence-corrected chi connectivity index (χ4v) is 2.06. The van der Waals surface area contributed by atoms with Gasteiger partial charge in [0.2, 0.25) is 0 Å². The number of hydrogen-bond acceptors (Lipinski definition) is 6. The SMILES string of the molecule is CC1(C)Oc2ccc([N+](=O)[O-])nc2N(CCC(N)=S)C1=O. The summed E-state index contributed by atoms with van der Waals surface area (Å²) < 4.78 is 5.56. The Morgan fingerprint density at radius 2 is 2.24 bits per heavy atom. The molecule has 0 radical (unpaired) electrons. The number of rotatable bonds is 4. The van der Waals surface area contributed by atoms with Gasteiger partial charge in [0.15, 0.2) is 11.4 Å². The molecular weight excluding hydrogens is 296 g/mol. The van der Waals surface area contributed by atoms with E-state index >= 15 is 0 Å². The summed E-state index contributed by atoms with van der Waals surface area (Å²) in [6.45, 7) is 3.43. The van der Waals surface area contributed by atoms with Crippen LogP contribution >= 0.6 is 12.2 Å². The van der Waals surface area contributed by atoms with Crippen molar-refractivity contribution in [1.82, 2.24) is 4.98 Å². The van der Waals surface area contributed by atoms with E-state index in [0.717, 1.165) is 0 Å². The quantitative estimate of drug-likeness (QED) is 0.504. The minimum absolute atomic E-state index is 0.116. The average Bonchev–Trinajstić information content (AvgIpc) is 2.38. The molecule has 0 saturated carbocycles. The Bertz CT molecular complexity index is 632. The lowest BCUT2D eigenvalue weighted by molar-refractivity contribution is -0.389. The van der Waals surface area contributed by atoms with Gasteiger partial charge in [-0.1, -0.05) is 12.2 Å². The number of ether oxygens (including phenoxy) is 1. The molecule has 2 N–H and O–H groups in total. The van der Waals surface area contributed by atoms with E-state index in [9.17, 15) is 14.9 Å². The number of nitro groups is 1. The molecule has 0 aliphatic carbocycles. The highest BCUT2D eigenvalue weighted by atomic mass is 32.1. The highest BCUT2D eigenvalue weighted by Crippen LogP contribution is 2.37. The summed E-state index contributed by atoms with van der Waals surface area (Å²) in [6, 6.07) is 2.67. The number of pyridine rings is 1. The van der Waals surface area contributed by atoms with Gasteiger partial charge in [-0.05, 0) is 29.8 Å². The summed E-state index contributed by atoms with van der Waals surface area (Å²) in [4.78, 5) is 28.1. The Morgan fingerprint density at radius 3 is 2.81 bits per heavy atom. The maximum Gasteiger partial charge on any atom is 0.366 e. The lowest BCUT2D eigenvalue weighted by Gasteiger charge is -2.35. The molecule has 1 amide bonds. The number of amides is 1. The number of nitrogens with two attached hydrogens (primary N) is 1. The van der Waals surface area contributed by atoms with Gasteiger partial charge in [-0.3, -0.25) is 9.69 Å². The van der Waals surface area contributed by atoms with Crippen molar-refractivity contribution < 1.29 is 14.5 Å². The van der Waals surface area contributed by atoms with Gasteiger partial charge in [-0.25, -0.2) is 0 Å². The number of aromatic nitrogens is 1. The first-order valence-corrected chi connectivity index (χ1v) is 6.58. The smallest absolute Gasteiger partial charge is 0.366 e. The molecule has 0 atom stereocenters. The van der Waals surface area contributed by atoms with Gasteiger partial charge in [0.05, 0.1) is 4.99 Å². The van der Waals surface area contributed by atoms with Gasteiger partial charge >= 0.3 is 5.82 Å². The summed E-state index contributed by atoms with van der Waals surface area (Å²) in [5.41, 5.74) is 4.37. The topological polar surface area (TPSA) is 112 Å². The maximum atomic E-state index is 12.4. The van der Waals surface area contributed by atoms with Crippen LogP contribution in [-0.2, 0) is 4.79 Å². The van der Waals surface area contributed by atoms with Crippen molar-refractivity contribution in [2.45, 2.75) is 25.9 Å². The second kappa shape index (κ2) is 5.24. The summed E-state index contributed by atoms with van der Waals surface area (Å²) in [5.74, 6) is -0.276. The van der Waals surface area contributed by atoms with E-state index in [0.29, 0.717) is 12.2 Å². The largest absolute Gasteiger partial charge is 0.472 e. The number of fused-ring (bicyclic) bond motifs is 1. The van der Waals surface area contributed by atoms with E-state index in [1.807, 2.05) is 0 Å². The van der Waals surface area contributed by atoms with Gasteiger partial charge in [-0.15, -0.1) is 0 Å². The minimum atomic E-state index is -1.08.